The third-order valence-electron chi connectivity index (χ3n) is 9.59. The highest BCUT2D eigenvalue weighted by molar-refractivity contribution is 5.67. The Morgan fingerprint density at radius 2 is 1.54 bits per heavy atom. The summed E-state index contributed by atoms with van der Waals surface area (Å²) in [4.78, 5) is 0. The molecule has 1 nitrogen and oxygen atoms in total. The standard InChI is InChI=1S/C34H50F2O/c1-3-5-7-8-9-10-29-21-23-32(34(36)33(29)35)28-18-16-26(17-19-28)25-12-14-27(15-13-25)30-20-22-31(37-24-30)11-6-4-2/h6,11,18,21,23,25-27,30-31H,3-5,7-10,12-17,19-20,22,24H2,1-2H3/b11-6+. The zero-order chi connectivity index (χ0) is 26.0. The fourth-order valence-corrected chi connectivity index (χ4v) is 7.17. The van der Waals surface area contributed by atoms with Crippen LogP contribution < -0.4 is 0 Å². The molecule has 1 saturated heterocycles. The molecule has 0 N–H and O–H groups in total. The monoisotopic (exact) mass is 512 g/mol. The lowest BCUT2D eigenvalue weighted by Gasteiger charge is -2.40. The Kier molecular flexibility index (Phi) is 11.3. The smallest absolute Gasteiger partial charge is 0.166 e. The van der Waals surface area contributed by atoms with Crippen LogP contribution in [0.15, 0.2) is 30.4 Å². The maximum absolute atomic E-state index is 15.0. The Labute approximate surface area is 225 Å². The highest BCUT2D eigenvalue weighted by Gasteiger charge is 2.34. The Morgan fingerprint density at radius 1 is 0.811 bits per heavy atom. The maximum Gasteiger partial charge on any atom is 0.166 e. The molecule has 0 aromatic heterocycles. The zero-order valence-electron chi connectivity index (χ0n) is 23.5. The van der Waals surface area contributed by atoms with Gasteiger partial charge in [-0.3, -0.25) is 0 Å². The van der Waals surface area contributed by atoms with Crippen molar-refractivity contribution in [3.05, 3.63) is 53.1 Å². The van der Waals surface area contributed by atoms with Crippen LogP contribution in [0.1, 0.15) is 121 Å². The fraction of sp³-hybridized carbons (Fsp3) is 0.706. The van der Waals surface area contributed by atoms with Gasteiger partial charge in [0.05, 0.1) is 12.7 Å². The van der Waals surface area contributed by atoms with Crippen LogP contribution in [0.4, 0.5) is 8.78 Å². The van der Waals surface area contributed by atoms with Gasteiger partial charge in [-0.1, -0.05) is 69.9 Å². The first-order valence-corrected chi connectivity index (χ1v) is 15.5. The first-order chi connectivity index (χ1) is 18.1. The van der Waals surface area contributed by atoms with Crippen LogP contribution >= 0.6 is 0 Å². The summed E-state index contributed by atoms with van der Waals surface area (Å²) >= 11 is 0. The topological polar surface area (TPSA) is 9.23 Å². The van der Waals surface area contributed by atoms with Crippen LogP contribution in [-0.2, 0) is 11.2 Å². The van der Waals surface area contributed by atoms with Gasteiger partial charge in [-0.25, -0.2) is 8.78 Å². The second-order valence-electron chi connectivity index (χ2n) is 12.0. The molecule has 2 aliphatic carbocycles. The van der Waals surface area contributed by atoms with Crippen molar-refractivity contribution in [2.75, 3.05) is 6.61 Å². The van der Waals surface area contributed by atoms with Crippen LogP contribution in [0.2, 0.25) is 0 Å². The van der Waals surface area contributed by atoms with Gasteiger partial charge in [0.2, 0.25) is 0 Å². The minimum Gasteiger partial charge on any atom is -0.374 e. The molecule has 206 valence electrons. The molecule has 4 rings (SSSR count). The largest absolute Gasteiger partial charge is 0.374 e. The highest BCUT2D eigenvalue weighted by atomic mass is 19.2. The summed E-state index contributed by atoms with van der Waals surface area (Å²) in [5, 5.41) is 0. The number of hydrogen-bond acceptors (Lipinski definition) is 1. The number of unbranched alkanes of at least 4 members (excludes halogenated alkanes) is 4. The van der Waals surface area contributed by atoms with Gasteiger partial charge in [-0.05, 0) is 112 Å². The molecule has 3 unspecified atom stereocenters. The Hall–Kier alpha value is -1.48. The van der Waals surface area contributed by atoms with E-state index in [0.29, 0.717) is 29.6 Å². The SMILES string of the molecule is CC/C=C/C1CCC(C2CCC(C3CC=C(c4ccc(CCCCCCC)c(F)c4F)CC3)CC2)CO1. The van der Waals surface area contributed by atoms with Gasteiger partial charge in [0.1, 0.15) is 0 Å². The first kappa shape index (κ1) is 28.5. The number of rotatable bonds is 11. The Bertz CT molecular complexity index is 887. The molecule has 3 atom stereocenters. The lowest BCUT2D eigenvalue weighted by molar-refractivity contribution is -0.0185. The summed E-state index contributed by atoms with van der Waals surface area (Å²) in [6, 6.07) is 3.67. The number of allylic oxidation sites excluding steroid dienone is 3. The molecular weight excluding hydrogens is 462 g/mol. The van der Waals surface area contributed by atoms with Gasteiger partial charge in [0.25, 0.3) is 0 Å². The van der Waals surface area contributed by atoms with Crippen LogP contribution in [0.25, 0.3) is 5.57 Å². The van der Waals surface area contributed by atoms with Crippen LogP contribution in [0, 0.1) is 35.3 Å². The predicted molar refractivity (Wildman–Crippen MR) is 151 cm³/mol. The summed E-state index contributed by atoms with van der Waals surface area (Å²) in [5.41, 5.74) is 2.06. The van der Waals surface area contributed by atoms with Crippen LogP contribution in [0.5, 0.6) is 0 Å². The zero-order valence-corrected chi connectivity index (χ0v) is 23.5. The van der Waals surface area contributed by atoms with Gasteiger partial charge in [0, 0.05) is 5.56 Å². The molecule has 3 heteroatoms. The summed E-state index contributed by atoms with van der Waals surface area (Å²) < 4.78 is 36.0. The second-order valence-corrected chi connectivity index (χ2v) is 12.0. The number of benzene rings is 1. The van der Waals surface area contributed by atoms with Crippen molar-refractivity contribution in [1.29, 1.82) is 0 Å². The maximum atomic E-state index is 15.0. The lowest BCUT2D eigenvalue weighted by Crippen LogP contribution is -2.33. The number of hydrogen-bond donors (Lipinski definition) is 0. The normalized spacial score (nSPS) is 29.0. The molecular formula is C34H50F2O. The first-order valence-electron chi connectivity index (χ1n) is 15.5. The summed E-state index contributed by atoms with van der Waals surface area (Å²) in [6.45, 7) is 5.30. The summed E-state index contributed by atoms with van der Waals surface area (Å²) in [5.74, 6) is 1.81. The van der Waals surface area contributed by atoms with Gasteiger partial charge in [0.15, 0.2) is 11.6 Å². The van der Waals surface area contributed by atoms with Crippen molar-refractivity contribution in [3.63, 3.8) is 0 Å². The Morgan fingerprint density at radius 3 is 2.19 bits per heavy atom. The van der Waals surface area contributed by atoms with Crippen molar-refractivity contribution < 1.29 is 13.5 Å². The van der Waals surface area contributed by atoms with E-state index in [1.54, 1.807) is 0 Å². The van der Waals surface area contributed by atoms with Crippen molar-refractivity contribution in [1.82, 2.24) is 0 Å². The highest BCUT2D eigenvalue weighted by Crippen LogP contribution is 2.44. The van der Waals surface area contributed by atoms with E-state index in [1.807, 2.05) is 12.1 Å². The molecule has 1 aliphatic heterocycles. The van der Waals surface area contributed by atoms with Gasteiger partial charge in [-0.2, -0.15) is 0 Å². The quantitative estimate of drug-likeness (QED) is 0.212. The van der Waals surface area contributed by atoms with Gasteiger partial charge >= 0.3 is 0 Å². The molecule has 1 aromatic carbocycles. The van der Waals surface area contributed by atoms with Crippen molar-refractivity contribution in [2.24, 2.45) is 23.7 Å². The third-order valence-corrected chi connectivity index (χ3v) is 9.59. The molecule has 0 spiro atoms. The van der Waals surface area contributed by atoms with Gasteiger partial charge in [-0.15, -0.1) is 0 Å². The minimum atomic E-state index is -0.626. The molecule has 1 aromatic rings. The number of aryl methyl sites for hydroxylation is 1. The van der Waals surface area contributed by atoms with E-state index in [9.17, 15) is 4.39 Å². The third kappa shape index (κ3) is 7.78. The molecule has 37 heavy (non-hydrogen) atoms. The van der Waals surface area contributed by atoms with Crippen LogP contribution in [0.3, 0.4) is 0 Å². The van der Waals surface area contributed by atoms with Crippen LogP contribution in [-0.4, -0.2) is 12.7 Å². The van der Waals surface area contributed by atoms with E-state index < -0.39 is 11.6 Å². The Balaban J connectivity index is 1.23. The minimum absolute atomic E-state index is 0.334. The molecule has 1 saturated carbocycles. The van der Waals surface area contributed by atoms with E-state index in [2.05, 4.69) is 32.1 Å². The molecule has 3 aliphatic rings. The molecule has 0 bridgehead atoms. The van der Waals surface area contributed by atoms with E-state index in [1.165, 1.54) is 57.8 Å². The average molecular weight is 513 g/mol. The molecule has 0 amide bonds. The van der Waals surface area contributed by atoms with Crippen molar-refractivity contribution >= 4 is 5.57 Å². The lowest BCUT2D eigenvalue weighted by atomic mass is 9.68. The van der Waals surface area contributed by atoms with Crippen molar-refractivity contribution in [2.45, 2.75) is 123 Å². The molecule has 1 heterocycles. The second kappa shape index (κ2) is 14.6. The van der Waals surface area contributed by atoms with E-state index in [0.717, 1.165) is 68.5 Å². The number of halogens is 2. The van der Waals surface area contributed by atoms with E-state index in [-0.39, 0.29) is 0 Å². The average Bonchev–Trinajstić information content (AvgIpc) is 2.94. The van der Waals surface area contributed by atoms with E-state index >= 15 is 4.39 Å². The fourth-order valence-electron chi connectivity index (χ4n) is 7.17. The van der Waals surface area contributed by atoms with E-state index in [4.69, 9.17) is 4.74 Å². The predicted octanol–water partition coefficient (Wildman–Crippen LogP) is 10.2. The van der Waals surface area contributed by atoms with Crippen molar-refractivity contribution in [3.8, 4) is 0 Å². The summed E-state index contributed by atoms with van der Waals surface area (Å²) in [7, 11) is 0. The van der Waals surface area contributed by atoms with Gasteiger partial charge < -0.3 is 4.74 Å². The molecule has 0 radical (unpaired) electrons. The number of ether oxygens (including phenoxy) is 1. The molecule has 2 fully saturated rings. The summed E-state index contributed by atoms with van der Waals surface area (Å²) in [6.07, 6.45) is 25.2.